The number of aliphatic hydroxyl groups is 1. The van der Waals surface area contributed by atoms with E-state index in [1.165, 1.54) is 0 Å². The summed E-state index contributed by atoms with van der Waals surface area (Å²) < 4.78 is 5.44. The van der Waals surface area contributed by atoms with Gasteiger partial charge in [0.05, 0.1) is 25.4 Å². The van der Waals surface area contributed by atoms with E-state index in [1.807, 2.05) is 31.2 Å². The molecular weight excluding hydrogens is 310 g/mol. The minimum absolute atomic E-state index is 0.00428. The van der Waals surface area contributed by atoms with Crippen LogP contribution in [0.4, 0.5) is 0 Å². The second kappa shape index (κ2) is 6.50. The summed E-state index contributed by atoms with van der Waals surface area (Å²) in [6, 6.07) is 7.60. The van der Waals surface area contributed by atoms with Crippen molar-refractivity contribution < 1.29 is 14.6 Å². The topological polar surface area (TPSA) is 49.8 Å². The molecule has 19 heavy (non-hydrogen) atoms. The minimum atomic E-state index is -0.276. The summed E-state index contributed by atoms with van der Waals surface area (Å²) >= 11 is 3.38. The largest absolute Gasteiger partial charge is 0.394 e. The van der Waals surface area contributed by atoms with Gasteiger partial charge >= 0.3 is 0 Å². The Labute approximate surface area is 121 Å². The lowest BCUT2D eigenvalue weighted by molar-refractivity contribution is -0.0667. The molecule has 0 bridgehead atoms. The maximum Gasteiger partial charge on any atom is 0.254 e. The standard InChI is InChI=1S/C14H18BrNO3/c1-10-9-19-13(8-17)7-16(10)14(18)12-4-2-11(6-15)3-5-12/h2-5,10,13,17H,6-9H2,1H3. The van der Waals surface area contributed by atoms with E-state index in [2.05, 4.69) is 15.9 Å². The molecule has 1 heterocycles. The van der Waals surface area contributed by atoms with Gasteiger partial charge in [-0.05, 0) is 24.6 Å². The third-order valence-corrected chi connectivity index (χ3v) is 3.97. The van der Waals surface area contributed by atoms with Crippen LogP contribution in [0.5, 0.6) is 0 Å². The lowest BCUT2D eigenvalue weighted by Gasteiger charge is -2.37. The molecule has 0 aromatic heterocycles. The first-order chi connectivity index (χ1) is 9.15. The summed E-state index contributed by atoms with van der Waals surface area (Å²) in [5.41, 5.74) is 1.81. The van der Waals surface area contributed by atoms with Crippen molar-refractivity contribution in [1.29, 1.82) is 0 Å². The molecule has 5 heteroatoms. The van der Waals surface area contributed by atoms with Crippen LogP contribution >= 0.6 is 15.9 Å². The van der Waals surface area contributed by atoms with Crippen LogP contribution in [0.1, 0.15) is 22.8 Å². The molecule has 0 aliphatic carbocycles. The summed E-state index contributed by atoms with van der Waals surface area (Å²) in [6.45, 7) is 2.81. The van der Waals surface area contributed by atoms with Crippen molar-refractivity contribution in [2.75, 3.05) is 19.8 Å². The Bertz CT molecular complexity index is 435. The van der Waals surface area contributed by atoms with Crippen LogP contribution in [-0.2, 0) is 10.1 Å². The third kappa shape index (κ3) is 3.35. The average Bonchev–Trinajstić information content (AvgIpc) is 2.47. The molecule has 2 unspecified atom stereocenters. The van der Waals surface area contributed by atoms with Gasteiger partial charge in [-0.25, -0.2) is 0 Å². The van der Waals surface area contributed by atoms with Crippen molar-refractivity contribution in [3.8, 4) is 0 Å². The number of amides is 1. The fourth-order valence-electron chi connectivity index (χ4n) is 2.11. The molecule has 0 saturated carbocycles. The highest BCUT2D eigenvalue weighted by molar-refractivity contribution is 9.08. The van der Waals surface area contributed by atoms with Crippen molar-refractivity contribution in [2.24, 2.45) is 0 Å². The van der Waals surface area contributed by atoms with Crippen LogP contribution in [0, 0.1) is 0 Å². The molecule has 1 fully saturated rings. The molecule has 1 amide bonds. The zero-order valence-corrected chi connectivity index (χ0v) is 12.5. The fourth-order valence-corrected chi connectivity index (χ4v) is 2.49. The molecule has 4 nitrogen and oxygen atoms in total. The second-order valence-corrected chi connectivity index (χ2v) is 5.34. The summed E-state index contributed by atoms with van der Waals surface area (Å²) in [4.78, 5) is 14.2. The Morgan fingerprint density at radius 3 is 2.74 bits per heavy atom. The zero-order chi connectivity index (χ0) is 13.8. The van der Waals surface area contributed by atoms with E-state index in [0.29, 0.717) is 18.7 Å². The Kier molecular flexibility index (Phi) is 4.96. The molecule has 1 aromatic rings. The smallest absolute Gasteiger partial charge is 0.254 e. The van der Waals surface area contributed by atoms with Gasteiger partial charge in [0.15, 0.2) is 0 Å². The number of ether oxygens (including phenoxy) is 1. The Balaban J connectivity index is 2.12. The van der Waals surface area contributed by atoms with Gasteiger partial charge in [0.1, 0.15) is 0 Å². The van der Waals surface area contributed by atoms with Crippen LogP contribution in [0.3, 0.4) is 0 Å². The van der Waals surface area contributed by atoms with Gasteiger partial charge in [0.2, 0.25) is 0 Å². The van der Waals surface area contributed by atoms with Crippen molar-refractivity contribution in [1.82, 2.24) is 4.90 Å². The number of rotatable bonds is 3. The van der Waals surface area contributed by atoms with E-state index in [4.69, 9.17) is 9.84 Å². The van der Waals surface area contributed by atoms with Gasteiger partial charge in [-0.15, -0.1) is 0 Å². The van der Waals surface area contributed by atoms with E-state index in [1.54, 1.807) is 4.90 Å². The van der Waals surface area contributed by atoms with Gasteiger partial charge in [-0.1, -0.05) is 28.1 Å². The Morgan fingerprint density at radius 2 is 2.16 bits per heavy atom. The van der Waals surface area contributed by atoms with Gasteiger partial charge in [0, 0.05) is 17.4 Å². The summed E-state index contributed by atoms with van der Waals surface area (Å²) in [5, 5.41) is 9.93. The van der Waals surface area contributed by atoms with Gasteiger partial charge in [-0.3, -0.25) is 4.79 Å². The second-order valence-electron chi connectivity index (χ2n) is 4.78. The van der Waals surface area contributed by atoms with Crippen LogP contribution in [0.15, 0.2) is 24.3 Å². The molecule has 0 radical (unpaired) electrons. The molecule has 2 rings (SSSR count). The molecular formula is C14H18BrNO3. The van der Waals surface area contributed by atoms with Gasteiger partial charge < -0.3 is 14.7 Å². The quantitative estimate of drug-likeness (QED) is 0.861. The first-order valence-corrected chi connectivity index (χ1v) is 7.46. The van der Waals surface area contributed by atoms with Gasteiger partial charge in [0.25, 0.3) is 5.91 Å². The first-order valence-electron chi connectivity index (χ1n) is 6.34. The number of nitrogens with zero attached hydrogens (tertiary/aromatic N) is 1. The molecule has 0 spiro atoms. The molecule has 2 atom stereocenters. The number of hydrogen-bond donors (Lipinski definition) is 1. The van der Waals surface area contributed by atoms with E-state index in [-0.39, 0.29) is 24.7 Å². The molecule has 104 valence electrons. The van der Waals surface area contributed by atoms with E-state index >= 15 is 0 Å². The molecule has 1 aliphatic heterocycles. The molecule has 1 N–H and O–H groups in total. The monoisotopic (exact) mass is 327 g/mol. The van der Waals surface area contributed by atoms with Crippen molar-refractivity contribution >= 4 is 21.8 Å². The lowest BCUT2D eigenvalue weighted by Crippen LogP contribution is -2.52. The SMILES string of the molecule is CC1COC(CO)CN1C(=O)c1ccc(CBr)cc1. The predicted octanol–water partition coefficient (Wildman–Crippen LogP) is 1.80. The normalized spacial score (nSPS) is 23.4. The maximum absolute atomic E-state index is 12.4. The third-order valence-electron chi connectivity index (χ3n) is 3.33. The number of hydrogen-bond acceptors (Lipinski definition) is 3. The highest BCUT2D eigenvalue weighted by Crippen LogP contribution is 2.16. The maximum atomic E-state index is 12.4. The van der Waals surface area contributed by atoms with E-state index in [9.17, 15) is 4.79 Å². The number of morpholine rings is 1. The number of alkyl halides is 1. The van der Waals surface area contributed by atoms with Crippen LogP contribution < -0.4 is 0 Å². The first kappa shape index (κ1) is 14.5. The summed E-state index contributed by atoms with van der Waals surface area (Å²) in [5.74, 6) is -0.00428. The van der Waals surface area contributed by atoms with Crippen molar-refractivity contribution in [2.45, 2.75) is 24.4 Å². The van der Waals surface area contributed by atoms with Gasteiger partial charge in [-0.2, -0.15) is 0 Å². The van der Waals surface area contributed by atoms with Crippen LogP contribution in [0.2, 0.25) is 0 Å². The van der Waals surface area contributed by atoms with Crippen molar-refractivity contribution in [3.63, 3.8) is 0 Å². The predicted molar refractivity (Wildman–Crippen MR) is 76.4 cm³/mol. The summed E-state index contributed by atoms with van der Waals surface area (Å²) in [6.07, 6.45) is -0.276. The lowest BCUT2D eigenvalue weighted by atomic mass is 10.1. The number of carbonyl (C=O) groups excluding carboxylic acids is 1. The zero-order valence-electron chi connectivity index (χ0n) is 10.9. The van der Waals surface area contributed by atoms with E-state index < -0.39 is 0 Å². The fraction of sp³-hybridized carbons (Fsp3) is 0.500. The number of carbonyl (C=O) groups is 1. The van der Waals surface area contributed by atoms with Crippen molar-refractivity contribution in [3.05, 3.63) is 35.4 Å². The molecule has 1 aromatic carbocycles. The Morgan fingerprint density at radius 1 is 1.47 bits per heavy atom. The summed E-state index contributed by atoms with van der Waals surface area (Å²) in [7, 11) is 0. The average molecular weight is 328 g/mol. The van der Waals surface area contributed by atoms with E-state index in [0.717, 1.165) is 10.9 Å². The number of benzene rings is 1. The Hall–Kier alpha value is -0.910. The number of halogens is 1. The van der Waals surface area contributed by atoms with Crippen LogP contribution in [-0.4, -0.2) is 47.8 Å². The molecule has 1 aliphatic rings. The minimum Gasteiger partial charge on any atom is -0.394 e. The highest BCUT2D eigenvalue weighted by atomic mass is 79.9. The number of aliphatic hydroxyl groups excluding tert-OH is 1. The van der Waals surface area contributed by atoms with Crippen LogP contribution in [0.25, 0.3) is 0 Å². The molecule has 1 saturated heterocycles. The highest BCUT2D eigenvalue weighted by Gasteiger charge is 2.29.